The number of aromatic amines is 1. The summed E-state index contributed by atoms with van der Waals surface area (Å²) in [5, 5.41) is 27.2. The van der Waals surface area contributed by atoms with Crippen LogP contribution in [0, 0.1) is 0 Å². The molecule has 0 amide bonds. The van der Waals surface area contributed by atoms with Gasteiger partial charge in [-0.15, -0.1) is 0 Å². The zero-order valence-corrected chi connectivity index (χ0v) is 15.8. The molecular weight excluding hydrogens is 438 g/mol. The van der Waals surface area contributed by atoms with Gasteiger partial charge in [0.05, 0.1) is 16.7 Å². The van der Waals surface area contributed by atoms with Gasteiger partial charge in [0.15, 0.2) is 0 Å². The van der Waals surface area contributed by atoms with E-state index in [4.69, 9.17) is 42.9 Å². The van der Waals surface area contributed by atoms with Gasteiger partial charge in [0.25, 0.3) is 5.88 Å². The zero-order chi connectivity index (χ0) is 21.6. The minimum absolute atomic E-state index is 0.219. The van der Waals surface area contributed by atoms with Gasteiger partial charge in [0, 0.05) is 0 Å². The lowest BCUT2D eigenvalue weighted by atomic mass is 10.1. The van der Waals surface area contributed by atoms with Crippen LogP contribution in [0.2, 0.25) is 10.0 Å². The first-order valence-electron chi connectivity index (χ1n) is 7.66. The summed E-state index contributed by atoms with van der Waals surface area (Å²) in [6.07, 6.45) is -5.08. The molecule has 154 valence electrons. The number of aliphatic carboxylic acids is 1. The molecule has 1 aromatic heterocycles. The summed E-state index contributed by atoms with van der Waals surface area (Å²) in [5.41, 5.74) is 2.36. The van der Waals surface area contributed by atoms with Crippen molar-refractivity contribution in [3.63, 3.8) is 0 Å². The lowest BCUT2D eigenvalue weighted by molar-refractivity contribution is -0.192. The van der Waals surface area contributed by atoms with Gasteiger partial charge in [-0.05, 0) is 35.4 Å². The molecule has 2 aromatic carbocycles. The number of ether oxygens (including phenoxy) is 1. The summed E-state index contributed by atoms with van der Waals surface area (Å²) in [4.78, 5) is 8.90. The Hall–Kier alpha value is -2.82. The Labute approximate surface area is 171 Å². The molecule has 0 aliphatic rings. The maximum atomic E-state index is 10.6. The molecule has 0 saturated carbocycles. The quantitative estimate of drug-likeness (QED) is 0.532. The molecule has 0 atom stereocenters. The fourth-order valence-electron chi connectivity index (χ4n) is 1.93. The highest BCUT2D eigenvalue weighted by Gasteiger charge is 2.38. The van der Waals surface area contributed by atoms with Crippen molar-refractivity contribution in [1.29, 1.82) is 0 Å². The maximum absolute atomic E-state index is 10.6. The predicted molar refractivity (Wildman–Crippen MR) is 98.0 cm³/mol. The second-order valence-electron chi connectivity index (χ2n) is 5.31. The molecule has 1 heterocycles. The van der Waals surface area contributed by atoms with Crippen LogP contribution < -0.4 is 4.74 Å². The molecule has 0 aliphatic heterocycles. The smallest absolute Gasteiger partial charge is 0.475 e. The SMILES string of the molecule is O=C(O)C(F)(F)F.OCc1[nH]nnc1Oc1ccc(-c2ccc(Cl)c(Cl)c2)cc1. The van der Waals surface area contributed by atoms with Crippen LogP contribution in [0.4, 0.5) is 13.2 Å². The first-order chi connectivity index (χ1) is 13.6. The molecule has 0 saturated heterocycles. The third-order valence-corrected chi connectivity index (χ3v) is 4.05. The number of carbonyl (C=O) groups is 1. The summed E-state index contributed by atoms with van der Waals surface area (Å²) in [6.45, 7) is -0.219. The first kappa shape index (κ1) is 22.5. The van der Waals surface area contributed by atoms with Crippen LogP contribution in [-0.4, -0.2) is 37.8 Å². The number of halogens is 5. The van der Waals surface area contributed by atoms with E-state index in [0.29, 0.717) is 21.5 Å². The van der Waals surface area contributed by atoms with Crippen molar-refractivity contribution in [1.82, 2.24) is 15.4 Å². The molecule has 3 N–H and O–H groups in total. The first-order valence-corrected chi connectivity index (χ1v) is 8.41. The Kier molecular flexibility index (Phi) is 7.43. The summed E-state index contributed by atoms with van der Waals surface area (Å²) in [5.74, 6) is -1.91. The van der Waals surface area contributed by atoms with Crippen molar-refractivity contribution >= 4 is 29.2 Å². The van der Waals surface area contributed by atoms with Crippen molar-refractivity contribution in [3.05, 3.63) is 58.2 Å². The van der Waals surface area contributed by atoms with E-state index >= 15 is 0 Å². The van der Waals surface area contributed by atoms with Crippen molar-refractivity contribution in [2.24, 2.45) is 0 Å². The van der Waals surface area contributed by atoms with E-state index in [-0.39, 0.29) is 12.5 Å². The van der Waals surface area contributed by atoms with Gasteiger partial charge in [-0.2, -0.15) is 13.2 Å². The van der Waals surface area contributed by atoms with Crippen LogP contribution in [0.1, 0.15) is 5.69 Å². The fraction of sp³-hybridized carbons (Fsp3) is 0.118. The van der Waals surface area contributed by atoms with Crippen LogP contribution in [0.5, 0.6) is 11.6 Å². The van der Waals surface area contributed by atoms with E-state index in [2.05, 4.69) is 15.4 Å². The average Bonchev–Trinajstić information content (AvgIpc) is 3.11. The van der Waals surface area contributed by atoms with E-state index < -0.39 is 12.1 Å². The Bertz CT molecular complexity index is 979. The molecule has 3 rings (SSSR count). The minimum atomic E-state index is -5.08. The van der Waals surface area contributed by atoms with E-state index in [1.165, 1.54) is 0 Å². The number of benzene rings is 2. The van der Waals surface area contributed by atoms with Crippen molar-refractivity contribution < 1.29 is 32.9 Å². The highest BCUT2D eigenvalue weighted by molar-refractivity contribution is 6.42. The Morgan fingerprint density at radius 1 is 1.07 bits per heavy atom. The number of aromatic nitrogens is 3. The van der Waals surface area contributed by atoms with Crippen LogP contribution in [0.15, 0.2) is 42.5 Å². The number of carboxylic acids is 1. The topological polar surface area (TPSA) is 108 Å². The number of hydrogen-bond donors (Lipinski definition) is 3. The Morgan fingerprint density at radius 2 is 1.66 bits per heavy atom. The molecule has 0 unspecified atom stereocenters. The summed E-state index contributed by atoms with van der Waals surface area (Å²) in [7, 11) is 0. The molecule has 0 aliphatic carbocycles. The molecule has 0 spiro atoms. The van der Waals surface area contributed by atoms with E-state index in [1.54, 1.807) is 24.3 Å². The molecule has 29 heavy (non-hydrogen) atoms. The summed E-state index contributed by atoms with van der Waals surface area (Å²) in [6, 6.07) is 12.8. The number of nitrogens with one attached hydrogen (secondary N) is 1. The monoisotopic (exact) mass is 449 g/mol. The molecule has 0 radical (unpaired) electrons. The molecule has 3 aromatic rings. The Balaban J connectivity index is 0.000000370. The summed E-state index contributed by atoms with van der Waals surface area (Å²) >= 11 is 11.9. The van der Waals surface area contributed by atoms with Crippen LogP contribution in [0.3, 0.4) is 0 Å². The van der Waals surface area contributed by atoms with Gasteiger partial charge in [-0.3, -0.25) is 5.10 Å². The third kappa shape index (κ3) is 6.34. The Morgan fingerprint density at radius 3 is 2.17 bits per heavy atom. The molecule has 0 bridgehead atoms. The number of H-pyrrole nitrogens is 1. The number of aliphatic hydroxyl groups excluding tert-OH is 1. The maximum Gasteiger partial charge on any atom is 0.490 e. The van der Waals surface area contributed by atoms with Crippen LogP contribution >= 0.6 is 23.2 Å². The number of aliphatic hydroxyl groups is 1. The lowest BCUT2D eigenvalue weighted by Crippen LogP contribution is -2.21. The number of carboxylic acid groups (broad SMARTS) is 1. The molecule has 12 heteroatoms. The molecule has 7 nitrogen and oxygen atoms in total. The van der Waals surface area contributed by atoms with Gasteiger partial charge in [-0.1, -0.05) is 51.7 Å². The van der Waals surface area contributed by atoms with Crippen molar-refractivity contribution in [2.75, 3.05) is 0 Å². The normalized spacial score (nSPS) is 10.8. The molecular formula is C17H12Cl2F3N3O4. The van der Waals surface area contributed by atoms with E-state index in [9.17, 15) is 13.2 Å². The lowest BCUT2D eigenvalue weighted by Gasteiger charge is -2.06. The van der Waals surface area contributed by atoms with Gasteiger partial charge in [-0.25, -0.2) is 4.79 Å². The van der Waals surface area contributed by atoms with Gasteiger partial charge < -0.3 is 14.9 Å². The predicted octanol–water partition coefficient (Wildman–Crippen LogP) is 4.70. The fourth-order valence-corrected chi connectivity index (χ4v) is 2.22. The highest BCUT2D eigenvalue weighted by Crippen LogP contribution is 2.30. The number of hydrogen-bond acceptors (Lipinski definition) is 5. The van der Waals surface area contributed by atoms with Crippen molar-refractivity contribution in [2.45, 2.75) is 12.8 Å². The van der Waals surface area contributed by atoms with E-state index in [0.717, 1.165) is 11.1 Å². The summed E-state index contributed by atoms with van der Waals surface area (Å²) < 4.78 is 37.3. The number of rotatable bonds is 4. The zero-order valence-electron chi connectivity index (χ0n) is 14.2. The second kappa shape index (κ2) is 9.59. The average molecular weight is 450 g/mol. The minimum Gasteiger partial charge on any atom is -0.475 e. The largest absolute Gasteiger partial charge is 0.490 e. The number of alkyl halides is 3. The third-order valence-electron chi connectivity index (χ3n) is 3.31. The van der Waals surface area contributed by atoms with Gasteiger partial charge in [0.2, 0.25) is 0 Å². The standard InChI is InChI=1S/C15H11Cl2N3O2.C2HF3O2/c16-12-6-3-10(7-13(12)17)9-1-4-11(5-2-9)22-15-14(8-21)18-20-19-15;3-2(4,5)1(6)7/h1-7,21H,8H2,(H,18,19,20);(H,6,7). The van der Waals surface area contributed by atoms with Crippen LogP contribution in [-0.2, 0) is 11.4 Å². The van der Waals surface area contributed by atoms with Crippen LogP contribution in [0.25, 0.3) is 11.1 Å². The van der Waals surface area contributed by atoms with Crippen molar-refractivity contribution in [3.8, 4) is 22.8 Å². The number of nitrogens with zero attached hydrogens (tertiary/aromatic N) is 2. The van der Waals surface area contributed by atoms with Gasteiger partial charge >= 0.3 is 12.1 Å². The molecule has 0 fully saturated rings. The second-order valence-corrected chi connectivity index (χ2v) is 6.13. The van der Waals surface area contributed by atoms with Gasteiger partial charge in [0.1, 0.15) is 11.4 Å². The van der Waals surface area contributed by atoms with E-state index in [1.807, 2.05) is 18.2 Å². The highest BCUT2D eigenvalue weighted by atomic mass is 35.5.